The van der Waals surface area contributed by atoms with Gasteiger partial charge in [-0.05, 0) is 47.9 Å². The van der Waals surface area contributed by atoms with Crippen LogP contribution in [0.3, 0.4) is 0 Å². The molecule has 0 bridgehead atoms. The topological polar surface area (TPSA) is 17.1 Å². The zero-order valence-corrected chi connectivity index (χ0v) is 9.60. The summed E-state index contributed by atoms with van der Waals surface area (Å²) in [5, 5.41) is 3.32. The Balaban J connectivity index is 2.54. The smallest absolute Gasteiger partial charge is 0.155 e. The Hall–Kier alpha value is -1.41. The molecule has 0 aliphatic rings. The van der Waals surface area contributed by atoms with Crippen LogP contribution in [0.4, 0.5) is 0 Å². The maximum Gasteiger partial charge on any atom is 0.155 e. The molecule has 0 amide bonds. The van der Waals surface area contributed by atoms with Crippen LogP contribution in [-0.2, 0) is 4.79 Å². The van der Waals surface area contributed by atoms with Crippen LogP contribution in [0.2, 0.25) is 0 Å². The molecule has 0 unspecified atom stereocenters. The standard InChI is InChI=1S/C13H12OS/c1-9(10(2)14)7-11-8-15-13-6-4-3-5-12(11)13/h3-8H,1-2H3/b9-7+. The summed E-state index contributed by atoms with van der Waals surface area (Å²) in [4.78, 5) is 11.1. The van der Waals surface area contributed by atoms with Gasteiger partial charge in [-0.2, -0.15) is 0 Å². The molecule has 0 N–H and O–H groups in total. The number of allylic oxidation sites excluding steroid dienone is 1. The Morgan fingerprint density at radius 1 is 1.27 bits per heavy atom. The molecule has 0 aliphatic heterocycles. The van der Waals surface area contributed by atoms with Crippen molar-refractivity contribution in [2.75, 3.05) is 0 Å². The van der Waals surface area contributed by atoms with E-state index in [2.05, 4.69) is 17.5 Å². The van der Waals surface area contributed by atoms with E-state index < -0.39 is 0 Å². The van der Waals surface area contributed by atoms with Crippen LogP contribution >= 0.6 is 11.3 Å². The van der Waals surface area contributed by atoms with Crippen LogP contribution in [0.25, 0.3) is 16.2 Å². The SMILES string of the molecule is CC(=O)/C(C)=C/c1csc2ccccc12. The van der Waals surface area contributed by atoms with Gasteiger partial charge in [0.25, 0.3) is 0 Å². The predicted octanol–water partition coefficient (Wildman–Crippen LogP) is 3.89. The van der Waals surface area contributed by atoms with E-state index in [1.807, 2.05) is 25.1 Å². The van der Waals surface area contributed by atoms with Crippen molar-refractivity contribution < 1.29 is 4.79 Å². The monoisotopic (exact) mass is 216 g/mol. The molecule has 15 heavy (non-hydrogen) atoms. The summed E-state index contributed by atoms with van der Waals surface area (Å²) in [6.07, 6.45) is 1.96. The van der Waals surface area contributed by atoms with Gasteiger partial charge in [0.1, 0.15) is 0 Å². The minimum atomic E-state index is 0.130. The normalized spacial score (nSPS) is 12.0. The zero-order valence-electron chi connectivity index (χ0n) is 8.78. The van der Waals surface area contributed by atoms with Crippen molar-refractivity contribution in [2.24, 2.45) is 0 Å². The number of benzene rings is 1. The number of ketones is 1. The second-order valence-electron chi connectivity index (χ2n) is 3.57. The molecule has 1 heterocycles. The van der Waals surface area contributed by atoms with Crippen molar-refractivity contribution in [1.29, 1.82) is 0 Å². The lowest BCUT2D eigenvalue weighted by Crippen LogP contribution is -1.90. The molecule has 0 aliphatic carbocycles. The summed E-state index contributed by atoms with van der Waals surface area (Å²) in [5.41, 5.74) is 1.95. The third kappa shape index (κ3) is 2.00. The fourth-order valence-corrected chi connectivity index (χ4v) is 2.36. The van der Waals surface area contributed by atoms with Crippen molar-refractivity contribution in [2.45, 2.75) is 13.8 Å². The van der Waals surface area contributed by atoms with E-state index in [1.165, 1.54) is 10.1 Å². The molecule has 2 heteroatoms. The summed E-state index contributed by atoms with van der Waals surface area (Å²) < 4.78 is 1.26. The van der Waals surface area contributed by atoms with Crippen LogP contribution in [0.15, 0.2) is 35.2 Å². The second kappa shape index (κ2) is 3.99. The van der Waals surface area contributed by atoms with Gasteiger partial charge in [-0.25, -0.2) is 0 Å². The number of fused-ring (bicyclic) bond motifs is 1. The largest absolute Gasteiger partial charge is 0.295 e. The van der Waals surface area contributed by atoms with Crippen LogP contribution in [0, 0.1) is 0 Å². The van der Waals surface area contributed by atoms with Gasteiger partial charge >= 0.3 is 0 Å². The van der Waals surface area contributed by atoms with Crippen molar-refractivity contribution in [3.05, 3.63) is 40.8 Å². The molecule has 2 rings (SSSR count). The van der Waals surface area contributed by atoms with Crippen LogP contribution in [-0.4, -0.2) is 5.78 Å². The first kappa shape index (κ1) is 10.1. The summed E-state index contributed by atoms with van der Waals surface area (Å²) in [6.45, 7) is 3.45. The van der Waals surface area contributed by atoms with Crippen LogP contribution in [0.1, 0.15) is 19.4 Å². The van der Waals surface area contributed by atoms with E-state index in [4.69, 9.17) is 0 Å². The molecule has 0 spiro atoms. The fourth-order valence-electron chi connectivity index (χ4n) is 1.45. The van der Waals surface area contributed by atoms with Crippen molar-refractivity contribution >= 4 is 33.3 Å². The summed E-state index contributed by atoms with van der Waals surface area (Å²) in [6, 6.07) is 8.24. The number of thiophene rings is 1. The van der Waals surface area contributed by atoms with E-state index in [9.17, 15) is 4.79 Å². The third-order valence-electron chi connectivity index (χ3n) is 2.44. The molecule has 76 valence electrons. The van der Waals surface area contributed by atoms with Gasteiger partial charge in [0.2, 0.25) is 0 Å². The number of Topliss-reactive ketones (excluding diaryl/α,β-unsaturated/α-hetero) is 1. The first-order chi connectivity index (χ1) is 7.18. The molecular weight excluding hydrogens is 204 g/mol. The summed E-state index contributed by atoms with van der Waals surface area (Å²) in [5.74, 6) is 0.130. The predicted molar refractivity (Wildman–Crippen MR) is 66.2 cm³/mol. The Kier molecular flexibility index (Phi) is 2.69. The van der Waals surface area contributed by atoms with Gasteiger partial charge in [-0.3, -0.25) is 4.79 Å². The average molecular weight is 216 g/mol. The Bertz CT molecular complexity index is 534. The number of hydrogen-bond acceptors (Lipinski definition) is 2. The lowest BCUT2D eigenvalue weighted by atomic mass is 10.1. The molecular formula is C13H12OS. The van der Waals surface area contributed by atoms with E-state index >= 15 is 0 Å². The van der Waals surface area contributed by atoms with E-state index in [-0.39, 0.29) is 5.78 Å². The Morgan fingerprint density at radius 2 is 2.00 bits per heavy atom. The lowest BCUT2D eigenvalue weighted by Gasteiger charge is -1.94. The van der Waals surface area contributed by atoms with Gasteiger partial charge in [0.15, 0.2) is 5.78 Å². The Labute approximate surface area is 93.1 Å². The second-order valence-corrected chi connectivity index (χ2v) is 4.48. The molecule has 1 aromatic carbocycles. The third-order valence-corrected chi connectivity index (χ3v) is 3.42. The first-order valence-electron chi connectivity index (χ1n) is 4.84. The summed E-state index contributed by atoms with van der Waals surface area (Å²) >= 11 is 1.71. The Morgan fingerprint density at radius 3 is 2.73 bits per heavy atom. The van der Waals surface area contributed by atoms with Crippen molar-refractivity contribution in [1.82, 2.24) is 0 Å². The van der Waals surface area contributed by atoms with Gasteiger partial charge < -0.3 is 0 Å². The van der Waals surface area contributed by atoms with E-state index in [0.717, 1.165) is 11.1 Å². The van der Waals surface area contributed by atoms with E-state index in [0.29, 0.717) is 0 Å². The molecule has 0 radical (unpaired) electrons. The maximum atomic E-state index is 11.1. The highest BCUT2D eigenvalue weighted by Gasteiger charge is 2.02. The number of rotatable bonds is 2. The molecule has 0 saturated heterocycles. The lowest BCUT2D eigenvalue weighted by molar-refractivity contribution is -0.113. The van der Waals surface area contributed by atoms with E-state index in [1.54, 1.807) is 18.3 Å². The van der Waals surface area contributed by atoms with Gasteiger partial charge in [-0.15, -0.1) is 11.3 Å². The maximum absolute atomic E-state index is 11.1. The van der Waals surface area contributed by atoms with Crippen LogP contribution < -0.4 is 0 Å². The molecule has 1 nitrogen and oxygen atoms in total. The van der Waals surface area contributed by atoms with Gasteiger partial charge in [0, 0.05) is 4.70 Å². The first-order valence-corrected chi connectivity index (χ1v) is 5.72. The zero-order chi connectivity index (χ0) is 10.8. The highest BCUT2D eigenvalue weighted by molar-refractivity contribution is 7.17. The quantitative estimate of drug-likeness (QED) is 0.696. The highest BCUT2D eigenvalue weighted by atomic mass is 32.1. The molecule has 1 aromatic heterocycles. The average Bonchev–Trinajstić information content (AvgIpc) is 2.62. The molecule has 0 fully saturated rings. The van der Waals surface area contributed by atoms with Crippen LogP contribution in [0.5, 0.6) is 0 Å². The molecule has 0 atom stereocenters. The minimum absolute atomic E-state index is 0.130. The fraction of sp³-hybridized carbons (Fsp3) is 0.154. The number of carbonyl (C=O) groups excluding carboxylic acids is 1. The highest BCUT2D eigenvalue weighted by Crippen LogP contribution is 2.27. The van der Waals surface area contributed by atoms with Gasteiger partial charge in [-0.1, -0.05) is 18.2 Å². The van der Waals surface area contributed by atoms with Crippen molar-refractivity contribution in [3.8, 4) is 0 Å². The number of hydrogen-bond donors (Lipinski definition) is 0. The summed E-state index contributed by atoms with van der Waals surface area (Å²) in [7, 11) is 0. The van der Waals surface area contributed by atoms with Crippen molar-refractivity contribution in [3.63, 3.8) is 0 Å². The van der Waals surface area contributed by atoms with Gasteiger partial charge in [0.05, 0.1) is 0 Å². The molecule has 2 aromatic rings. The molecule has 0 saturated carbocycles. The minimum Gasteiger partial charge on any atom is -0.295 e. The number of carbonyl (C=O) groups is 1.